The van der Waals surface area contributed by atoms with E-state index in [0.29, 0.717) is 18.7 Å². The normalized spacial score (nSPS) is 19.6. The van der Waals surface area contributed by atoms with Gasteiger partial charge in [-0.2, -0.15) is 0 Å². The molecule has 104 valence electrons. The minimum Gasteiger partial charge on any atom is -0.387 e. The summed E-state index contributed by atoms with van der Waals surface area (Å²) < 4.78 is 19.0. The third kappa shape index (κ3) is 3.17. The maximum atomic E-state index is 13.5. The Bertz CT molecular complexity index is 498. The first-order valence-electron chi connectivity index (χ1n) is 5.67. The van der Waals surface area contributed by atoms with Crippen molar-refractivity contribution in [3.05, 3.63) is 33.6 Å². The number of carbonyl (C=O) groups excluding carboxylic acids is 1. The molecule has 0 aromatic heterocycles. The number of hydrogen-bond acceptors (Lipinski definition) is 3. The quantitative estimate of drug-likeness (QED) is 0.851. The number of benzene rings is 1. The van der Waals surface area contributed by atoms with Crippen molar-refractivity contribution in [2.45, 2.75) is 6.10 Å². The van der Waals surface area contributed by atoms with Crippen molar-refractivity contribution >= 4 is 29.1 Å². The largest absolute Gasteiger partial charge is 0.387 e. The Hall–Kier alpha value is -0.880. The molecule has 1 N–H and O–H groups in total. The molecular formula is C12H12Cl2FNO3. The van der Waals surface area contributed by atoms with Crippen LogP contribution in [0.1, 0.15) is 11.7 Å². The number of amides is 1. The lowest BCUT2D eigenvalue weighted by atomic mass is 10.1. The first-order valence-corrected chi connectivity index (χ1v) is 6.43. The maximum Gasteiger partial charge on any atom is 0.248 e. The van der Waals surface area contributed by atoms with Crippen LogP contribution in [0.4, 0.5) is 4.39 Å². The van der Waals surface area contributed by atoms with Crippen molar-refractivity contribution in [3.8, 4) is 0 Å². The van der Waals surface area contributed by atoms with E-state index in [9.17, 15) is 9.18 Å². The van der Waals surface area contributed by atoms with Gasteiger partial charge in [0, 0.05) is 17.1 Å². The molecule has 2 rings (SSSR count). The van der Waals surface area contributed by atoms with Gasteiger partial charge in [0.2, 0.25) is 5.91 Å². The highest BCUT2D eigenvalue weighted by molar-refractivity contribution is 6.35. The Balaban J connectivity index is 2.22. The van der Waals surface area contributed by atoms with Crippen molar-refractivity contribution in [3.63, 3.8) is 0 Å². The average molecular weight is 308 g/mol. The lowest BCUT2D eigenvalue weighted by Gasteiger charge is -2.33. The Morgan fingerprint density at radius 2 is 2.21 bits per heavy atom. The van der Waals surface area contributed by atoms with Crippen LogP contribution in [0, 0.1) is 5.82 Å². The Morgan fingerprint density at radius 1 is 1.47 bits per heavy atom. The number of rotatable bonds is 2. The number of morpholine rings is 1. The van der Waals surface area contributed by atoms with Gasteiger partial charge in [0.05, 0.1) is 18.2 Å². The van der Waals surface area contributed by atoms with Gasteiger partial charge < -0.3 is 14.7 Å². The van der Waals surface area contributed by atoms with E-state index in [0.717, 1.165) is 0 Å². The molecule has 1 aliphatic heterocycles. The van der Waals surface area contributed by atoms with E-state index in [2.05, 4.69) is 0 Å². The minimum atomic E-state index is -0.588. The molecule has 1 aromatic rings. The van der Waals surface area contributed by atoms with Gasteiger partial charge in [-0.25, -0.2) is 4.39 Å². The van der Waals surface area contributed by atoms with Crippen molar-refractivity contribution in [2.75, 3.05) is 26.3 Å². The van der Waals surface area contributed by atoms with Crippen LogP contribution >= 0.6 is 23.2 Å². The Morgan fingerprint density at radius 3 is 2.89 bits per heavy atom. The summed E-state index contributed by atoms with van der Waals surface area (Å²) in [7, 11) is 0. The third-order valence-electron chi connectivity index (χ3n) is 2.94. The van der Waals surface area contributed by atoms with E-state index in [1.165, 1.54) is 17.0 Å². The summed E-state index contributed by atoms with van der Waals surface area (Å²) in [5.41, 5.74) is 0.444. The molecule has 1 fully saturated rings. The van der Waals surface area contributed by atoms with E-state index in [1.807, 2.05) is 0 Å². The fraction of sp³-hybridized carbons (Fsp3) is 0.417. The van der Waals surface area contributed by atoms with E-state index in [1.54, 1.807) is 0 Å². The monoisotopic (exact) mass is 307 g/mol. The summed E-state index contributed by atoms with van der Waals surface area (Å²) in [6, 6.07) is 2.52. The third-order valence-corrected chi connectivity index (χ3v) is 3.56. The maximum absolute atomic E-state index is 13.5. The van der Waals surface area contributed by atoms with Crippen molar-refractivity contribution in [1.82, 2.24) is 4.90 Å². The summed E-state index contributed by atoms with van der Waals surface area (Å²) in [4.78, 5) is 12.9. The summed E-state index contributed by atoms with van der Waals surface area (Å²) in [5.74, 6) is -0.978. The molecule has 1 amide bonds. The molecule has 0 spiro atoms. The lowest BCUT2D eigenvalue weighted by molar-refractivity contribution is -0.141. The van der Waals surface area contributed by atoms with Gasteiger partial charge in [0.15, 0.2) is 0 Å². The van der Waals surface area contributed by atoms with Crippen LogP contribution in [-0.2, 0) is 9.53 Å². The number of aliphatic hydroxyl groups is 1. The second-order valence-electron chi connectivity index (χ2n) is 4.15. The molecule has 1 aromatic carbocycles. The molecule has 0 radical (unpaired) electrons. The molecule has 1 heterocycles. The van der Waals surface area contributed by atoms with Crippen molar-refractivity contribution in [1.29, 1.82) is 0 Å². The highest BCUT2D eigenvalue weighted by Crippen LogP contribution is 2.32. The molecule has 19 heavy (non-hydrogen) atoms. The van der Waals surface area contributed by atoms with Crippen LogP contribution < -0.4 is 0 Å². The fourth-order valence-electron chi connectivity index (χ4n) is 1.95. The molecule has 1 unspecified atom stereocenters. The first-order chi connectivity index (χ1) is 9.02. The minimum absolute atomic E-state index is 0.0622. The summed E-state index contributed by atoms with van der Waals surface area (Å²) in [6.45, 7) is 0.357. The molecule has 0 aliphatic carbocycles. The first kappa shape index (κ1) is 14.5. The highest BCUT2D eigenvalue weighted by atomic mass is 35.5. The molecular weight excluding hydrogens is 296 g/mol. The molecule has 1 atom stereocenters. The van der Waals surface area contributed by atoms with Crippen LogP contribution in [0.3, 0.4) is 0 Å². The van der Waals surface area contributed by atoms with E-state index in [4.69, 9.17) is 33.0 Å². The molecule has 4 nitrogen and oxygen atoms in total. The van der Waals surface area contributed by atoms with Crippen LogP contribution in [0.15, 0.2) is 12.1 Å². The summed E-state index contributed by atoms with van der Waals surface area (Å²) >= 11 is 11.6. The smallest absolute Gasteiger partial charge is 0.248 e. The number of carbonyl (C=O) groups is 1. The van der Waals surface area contributed by atoms with Crippen LogP contribution in [0.25, 0.3) is 0 Å². The van der Waals surface area contributed by atoms with E-state index < -0.39 is 18.5 Å². The zero-order chi connectivity index (χ0) is 14.0. The van der Waals surface area contributed by atoms with Gasteiger partial charge in [-0.3, -0.25) is 4.79 Å². The van der Waals surface area contributed by atoms with Crippen molar-refractivity contribution in [2.24, 2.45) is 0 Å². The Kier molecular flexibility index (Phi) is 4.62. The SMILES string of the molecule is O=C(CO)N1CCOC(c2cc(F)c(Cl)cc2Cl)C1. The molecule has 7 heteroatoms. The average Bonchev–Trinajstić information content (AvgIpc) is 2.42. The van der Waals surface area contributed by atoms with Crippen LogP contribution in [0.5, 0.6) is 0 Å². The predicted octanol–water partition coefficient (Wildman–Crippen LogP) is 2.02. The van der Waals surface area contributed by atoms with Gasteiger partial charge in [-0.15, -0.1) is 0 Å². The zero-order valence-corrected chi connectivity index (χ0v) is 11.4. The molecule has 0 saturated carbocycles. The number of ether oxygens (including phenoxy) is 1. The Labute approximate surface area is 119 Å². The predicted molar refractivity (Wildman–Crippen MR) is 68.8 cm³/mol. The van der Waals surface area contributed by atoms with Crippen LogP contribution in [0.2, 0.25) is 10.0 Å². The van der Waals surface area contributed by atoms with Gasteiger partial charge in [-0.1, -0.05) is 23.2 Å². The standard InChI is InChI=1S/C12H12Cl2FNO3/c13-8-4-9(14)10(15)3-7(8)11-5-16(1-2-19-11)12(18)6-17/h3-4,11,17H,1-2,5-6H2. The van der Waals surface area contributed by atoms with Gasteiger partial charge in [-0.05, 0) is 12.1 Å². The topological polar surface area (TPSA) is 49.8 Å². The number of nitrogens with zero attached hydrogens (tertiary/aromatic N) is 1. The van der Waals surface area contributed by atoms with Gasteiger partial charge in [0.1, 0.15) is 18.5 Å². The molecule has 1 saturated heterocycles. The van der Waals surface area contributed by atoms with Crippen LogP contribution in [-0.4, -0.2) is 42.2 Å². The van der Waals surface area contributed by atoms with Gasteiger partial charge in [0.25, 0.3) is 0 Å². The summed E-state index contributed by atoms with van der Waals surface area (Å²) in [6.07, 6.45) is -0.525. The van der Waals surface area contributed by atoms with Gasteiger partial charge >= 0.3 is 0 Å². The highest BCUT2D eigenvalue weighted by Gasteiger charge is 2.27. The summed E-state index contributed by atoms with van der Waals surface area (Å²) in [5, 5.41) is 9.07. The lowest BCUT2D eigenvalue weighted by Crippen LogP contribution is -2.43. The number of aliphatic hydroxyl groups excluding tert-OH is 1. The van der Waals surface area contributed by atoms with Crippen molar-refractivity contribution < 1.29 is 19.0 Å². The number of hydrogen-bond donors (Lipinski definition) is 1. The molecule has 0 bridgehead atoms. The second-order valence-corrected chi connectivity index (χ2v) is 4.96. The molecule has 1 aliphatic rings. The zero-order valence-electron chi connectivity index (χ0n) is 9.91. The second kappa shape index (κ2) is 6.05. The van der Waals surface area contributed by atoms with E-state index in [-0.39, 0.29) is 22.5 Å². The van der Waals surface area contributed by atoms with E-state index >= 15 is 0 Å². The number of halogens is 3. The fourth-order valence-corrected chi connectivity index (χ4v) is 2.45.